The van der Waals surface area contributed by atoms with Gasteiger partial charge in [-0.1, -0.05) is 46.3 Å². The molecule has 34 heavy (non-hydrogen) atoms. The van der Waals surface area contributed by atoms with Crippen LogP contribution in [0.4, 0.5) is 5.00 Å². The summed E-state index contributed by atoms with van der Waals surface area (Å²) < 4.78 is 6.57. The highest BCUT2D eigenvalue weighted by molar-refractivity contribution is 9.10. The highest BCUT2D eigenvalue weighted by atomic mass is 79.9. The Morgan fingerprint density at radius 1 is 1.15 bits per heavy atom. The summed E-state index contributed by atoms with van der Waals surface area (Å²) in [5.41, 5.74) is 5.40. The second-order valence-electron chi connectivity index (χ2n) is 7.64. The lowest BCUT2D eigenvalue weighted by Crippen LogP contribution is -2.32. The average Bonchev–Trinajstić information content (AvgIpc) is 3.21. The van der Waals surface area contributed by atoms with E-state index in [1.807, 2.05) is 42.5 Å². The van der Waals surface area contributed by atoms with Crippen LogP contribution >= 0.6 is 27.3 Å². The lowest BCUT2D eigenvalue weighted by Gasteiger charge is -2.09. The number of rotatable bonds is 6. The standard InChI is InChI=1S/C25H21BrN4O3S/c26-21-11-10-18(33-15-16-6-2-1-3-7-16)12-17(21)14-28-30-24(32)23(31)29-25-20(13-27)19-8-4-5-9-22(19)34-25/h1-3,6-7,10-12,14H,4-5,8-9,15H2,(H,29,31)(H,30,32). The predicted octanol–water partition coefficient (Wildman–Crippen LogP) is 4.93. The average molecular weight is 537 g/mol. The van der Waals surface area contributed by atoms with Gasteiger partial charge >= 0.3 is 11.8 Å². The Morgan fingerprint density at radius 3 is 2.74 bits per heavy atom. The number of carbonyl (C=O) groups excluding carboxylic acids is 2. The van der Waals surface area contributed by atoms with Crippen LogP contribution in [0, 0.1) is 11.3 Å². The highest BCUT2D eigenvalue weighted by Gasteiger charge is 2.23. The van der Waals surface area contributed by atoms with Crippen LogP contribution in [-0.2, 0) is 29.0 Å². The van der Waals surface area contributed by atoms with E-state index in [9.17, 15) is 14.9 Å². The Balaban J connectivity index is 1.36. The molecule has 2 N–H and O–H groups in total. The Morgan fingerprint density at radius 2 is 1.94 bits per heavy atom. The first-order chi connectivity index (χ1) is 16.5. The molecule has 0 radical (unpaired) electrons. The molecule has 2 aromatic carbocycles. The number of nitrogens with zero attached hydrogens (tertiary/aromatic N) is 2. The number of nitrogens with one attached hydrogen (secondary N) is 2. The number of halogens is 1. The first kappa shape index (κ1) is 23.7. The molecule has 7 nitrogen and oxygen atoms in total. The van der Waals surface area contributed by atoms with Gasteiger partial charge in [-0.05, 0) is 55.0 Å². The van der Waals surface area contributed by atoms with E-state index in [0.29, 0.717) is 28.5 Å². The molecule has 172 valence electrons. The van der Waals surface area contributed by atoms with Gasteiger partial charge in [-0.2, -0.15) is 10.4 Å². The number of aryl methyl sites for hydroxylation is 1. The SMILES string of the molecule is N#Cc1c(NC(=O)C(=O)NN=Cc2cc(OCc3ccccc3)ccc2Br)sc2c1CCCC2. The van der Waals surface area contributed by atoms with Gasteiger partial charge in [0.25, 0.3) is 0 Å². The van der Waals surface area contributed by atoms with Crippen molar-refractivity contribution in [2.24, 2.45) is 5.10 Å². The Kier molecular flexibility index (Phi) is 7.72. The van der Waals surface area contributed by atoms with E-state index in [2.05, 4.69) is 37.8 Å². The summed E-state index contributed by atoms with van der Waals surface area (Å²) in [5, 5.41) is 16.4. The van der Waals surface area contributed by atoms with E-state index in [1.165, 1.54) is 17.6 Å². The van der Waals surface area contributed by atoms with E-state index in [4.69, 9.17) is 4.74 Å². The summed E-state index contributed by atoms with van der Waals surface area (Å²) >= 11 is 4.81. The quantitative estimate of drug-likeness (QED) is 0.264. The summed E-state index contributed by atoms with van der Waals surface area (Å²) in [4.78, 5) is 25.7. The molecule has 3 aromatic rings. The number of ether oxygens (including phenoxy) is 1. The summed E-state index contributed by atoms with van der Waals surface area (Å²) in [6.45, 7) is 0.423. The molecule has 0 aliphatic heterocycles. The number of amides is 2. The fourth-order valence-electron chi connectivity index (χ4n) is 3.59. The topological polar surface area (TPSA) is 104 Å². The summed E-state index contributed by atoms with van der Waals surface area (Å²) in [5.74, 6) is -1.14. The molecule has 0 atom stereocenters. The summed E-state index contributed by atoms with van der Waals surface area (Å²) in [7, 11) is 0. The number of hydrogen-bond donors (Lipinski definition) is 2. The van der Waals surface area contributed by atoms with Crippen LogP contribution in [0.5, 0.6) is 5.75 Å². The first-order valence-electron chi connectivity index (χ1n) is 10.7. The third-order valence-corrected chi connectivity index (χ3v) is 7.23. The van der Waals surface area contributed by atoms with Gasteiger partial charge in [0.1, 0.15) is 23.4 Å². The highest BCUT2D eigenvalue weighted by Crippen LogP contribution is 2.37. The van der Waals surface area contributed by atoms with Crippen LogP contribution in [-0.4, -0.2) is 18.0 Å². The third-order valence-electron chi connectivity index (χ3n) is 5.30. The molecule has 0 bridgehead atoms. The zero-order valence-electron chi connectivity index (χ0n) is 18.1. The van der Waals surface area contributed by atoms with E-state index in [-0.39, 0.29) is 0 Å². The molecule has 2 amide bonds. The zero-order valence-corrected chi connectivity index (χ0v) is 20.5. The van der Waals surface area contributed by atoms with Gasteiger partial charge in [0.05, 0.1) is 11.8 Å². The minimum absolute atomic E-state index is 0.421. The molecule has 1 aliphatic carbocycles. The molecule has 1 aromatic heterocycles. The monoisotopic (exact) mass is 536 g/mol. The number of nitriles is 1. The van der Waals surface area contributed by atoms with Crippen LogP contribution in [0.1, 0.15) is 40.0 Å². The number of carbonyl (C=O) groups is 2. The van der Waals surface area contributed by atoms with Crippen LogP contribution in [0.15, 0.2) is 58.1 Å². The van der Waals surface area contributed by atoms with Gasteiger partial charge in [-0.3, -0.25) is 9.59 Å². The zero-order chi connectivity index (χ0) is 23.9. The van der Waals surface area contributed by atoms with Crippen molar-refractivity contribution in [3.8, 4) is 11.8 Å². The number of benzene rings is 2. The molecule has 0 fully saturated rings. The van der Waals surface area contributed by atoms with Crippen LogP contribution in [0.2, 0.25) is 0 Å². The third kappa shape index (κ3) is 5.71. The molecule has 0 unspecified atom stereocenters. The minimum Gasteiger partial charge on any atom is -0.489 e. The van der Waals surface area contributed by atoms with Crippen molar-refractivity contribution >= 4 is 50.3 Å². The second kappa shape index (κ2) is 11.1. The number of thiophene rings is 1. The number of fused-ring (bicyclic) bond motifs is 1. The first-order valence-corrected chi connectivity index (χ1v) is 12.3. The van der Waals surface area contributed by atoms with Crippen molar-refractivity contribution in [2.75, 3.05) is 5.32 Å². The van der Waals surface area contributed by atoms with Crippen molar-refractivity contribution < 1.29 is 14.3 Å². The fourth-order valence-corrected chi connectivity index (χ4v) is 5.18. The predicted molar refractivity (Wildman–Crippen MR) is 135 cm³/mol. The normalized spacial score (nSPS) is 12.6. The summed E-state index contributed by atoms with van der Waals surface area (Å²) in [6, 6.07) is 17.4. The molecule has 9 heteroatoms. The van der Waals surface area contributed by atoms with Gasteiger partial charge < -0.3 is 10.1 Å². The van der Waals surface area contributed by atoms with Crippen LogP contribution < -0.4 is 15.5 Å². The molecule has 4 rings (SSSR count). The molecule has 1 aliphatic rings. The maximum atomic E-state index is 12.3. The fraction of sp³-hybridized carbons (Fsp3) is 0.200. The van der Waals surface area contributed by atoms with E-state index in [1.54, 1.807) is 6.07 Å². The van der Waals surface area contributed by atoms with Crippen molar-refractivity contribution in [1.29, 1.82) is 5.26 Å². The lowest BCUT2D eigenvalue weighted by molar-refractivity contribution is -0.136. The van der Waals surface area contributed by atoms with Crippen molar-refractivity contribution in [3.63, 3.8) is 0 Å². The van der Waals surface area contributed by atoms with Gasteiger partial charge in [0.15, 0.2) is 0 Å². The van der Waals surface area contributed by atoms with Crippen molar-refractivity contribution in [3.05, 3.63) is 80.1 Å². The Hall–Kier alpha value is -3.48. The van der Waals surface area contributed by atoms with Gasteiger partial charge in [0.2, 0.25) is 0 Å². The largest absolute Gasteiger partial charge is 0.489 e. The molecule has 1 heterocycles. The lowest BCUT2D eigenvalue weighted by atomic mass is 9.96. The van der Waals surface area contributed by atoms with E-state index in [0.717, 1.165) is 46.2 Å². The van der Waals surface area contributed by atoms with Crippen LogP contribution in [0.3, 0.4) is 0 Å². The maximum absolute atomic E-state index is 12.3. The molecule has 0 saturated heterocycles. The van der Waals surface area contributed by atoms with Crippen molar-refractivity contribution in [1.82, 2.24) is 5.43 Å². The maximum Gasteiger partial charge on any atom is 0.329 e. The summed E-state index contributed by atoms with van der Waals surface area (Å²) in [6.07, 6.45) is 5.23. The van der Waals surface area contributed by atoms with E-state index >= 15 is 0 Å². The van der Waals surface area contributed by atoms with Crippen molar-refractivity contribution in [2.45, 2.75) is 32.3 Å². The molecule has 0 spiro atoms. The van der Waals surface area contributed by atoms with Gasteiger partial charge in [-0.15, -0.1) is 11.3 Å². The molecular weight excluding hydrogens is 516 g/mol. The smallest absolute Gasteiger partial charge is 0.329 e. The van der Waals surface area contributed by atoms with Gasteiger partial charge in [0, 0.05) is 14.9 Å². The number of hydrazone groups is 1. The Labute approximate surface area is 209 Å². The van der Waals surface area contributed by atoms with Gasteiger partial charge in [-0.25, -0.2) is 5.43 Å². The minimum atomic E-state index is -0.917. The number of anilines is 1. The van der Waals surface area contributed by atoms with E-state index < -0.39 is 11.8 Å². The van der Waals surface area contributed by atoms with Crippen LogP contribution in [0.25, 0.3) is 0 Å². The molecule has 0 saturated carbocycles. The Bertz CT molecular complexity index is 1280. The second-order valence-corrected chi connectivity index (χ2v) is 9.60. The number of hydrogen-bond acceptors (Lipinski definition) is 6. The molecular formula is C25H21BrN4O3S.